The smallest absolute Gasteiger partial charge is 0.223 e. The van der Waals surface area contributed by atoms with Gasteiger partial charge >= 0.3 is 0 Å². The highest BCUT2D eigenvalue weighted by Gasteiger charge is 2.14. The van der Waals surface area contributed by atoms with Gasteiger partial charge in [0.1, 0.15) is 5.82 Å². The number of hydrogen-bond acceptors (Lipinski definition) is 2. The van der Waals surface area contributed by atoms with Crippen molar-refractivity contribution in [3.05, 3.63) is 24.0 Å². The number of guanidine groups is 2. The number of anilines is 1. The number of hydrogen-bond donors (Lipinski definition) is 3. The van der Waals surface area contributed by atoms with Gasteiger partial charge < -0.3 is 22.1 Å². The van der Waals surface area contributed by atoms with Gasteiger partial charge in [-0.05, 0) is 25.0 Å². The molecule has 0 bridgehead atoms. The summed E-state index contributed by atoms with van der Waals surface area (Å²) in [6.07, 6.45) is 4.60. The minimum absolute atomic E-state index is 0.100. The van der Waals surface area contributed by atoms with Gasteiger partial charge in [0.2, 0.25) is 5.96 Å². The Bertz CT molecular complexity index is 542. The topological polar surface area (TPSA) is 106 Å². The van der Waals surface area contributed by atoms with Crippen LogP contribution in [-0.2, 0) is 0 Å². The third kappa shape index (κ3) is 4.34. The van der Waals surface area contributed by atoms with Crippen LogP contribution in [0, 0.1) is 5.82 Å². The molecule has 7 heteroatoms. The fourth-order valence-corrected chi connectivity index (χ4v) is 2.42. The number of rotatable bonds is 2. The van der Waals surface area contributed by atoms with E-state index in [0.29, 0.717) is 11.4 Å². The molecule has 1 aliphatic rings. The van der Waals surface area contributed by atoms with Gasteiger partial charge in [-0.1, -0.05) is 12.8 Å². The maximum atomic E-state index is 14.2. The normalized spacial score (nSPS) is 16.4. The highest BCUT2D eigenvalue weighted by Crippen LogP contribution is 2.26. The van der Waals surface area contributed by atoms with Crippen LogP contribution in [0.1, 0.15) is 25.7 Å². The zero-order valence-electron chi connectivity index (χ0n) is 11.9. The molecule has 1 fully saturated rings. The van der Waals surface area contributed by atoms with Crippen LogP contribution >= 0.6 is 0 Å². The summed E-state index contributed by atoms with van der Waals surface area (Å²) in [7, 11) is 0. The van der Waals surface area contributed by atoms with E-state index in [2.05, 4.69) is 14.9 Å². The number of nitrogens with two attached hydrogens (primary N) is 3. The van der Waals surface area contributed by atoms with Gasteiger partial charge in [-0.2, -0.15) is 4.99 Å². The van der Waals surface area contributed by atoms with Crippen LogP contribution in [0.5, 0.6) is 0 Å². The second-order valence-electron chi connectivity index (χ2n) is 5.04. The Labute approximate surface area is 123 Å². The Morgan fingerprint density at radius 3 is 2.29 bits per heavy atom. The van der Waals surface area contributed by atoms with Crippen molar-refractivity contribution in [3.8, 4) is 0 Å². The molecule has 2 rings (SSSR count). The van der Waals surface area contributed by atoms with Gasteiger partial charge in [0.15, 0.2) is 5.96 Å². The van der Waals surface area contributed by atoms with E-state index in [0.717, 1.165) is 25.9 Å². The fraction of sp³-hybridized carbons (Fsp3) is 0.429. The van der Waals surface area contributed by atoms with Crippen LogP contribution in [0.15, 0.2) is 28.2 Å². The highest BCUT2D eigenvalue weighted by atomic mass is 19.1. The van der Waals surface area contributed by atoms with E-state index in [-0.39, 0.29) is 17.7 Å². The van der Waals surface area contributed by atoms with Crippen molar-refractivity contribution in [3.63, 3.8) is 0 Å². The average Bonchev–Trinajstić information content (AvgIpc) is 2.66. The first-order valence-corrected chi connectivity index (χ1v) is 7.04. The first-order chi connectivity index (χ1) is 10.1. The van der Waals surface area contributed by atoms with E-state index in [1.54, 1.807) is 12.1 Å². The van der Waals surface area contributed by atoms with Crippen LogP contribution < -0.4 is 22.1 Å². The van der Waals surface area contributed by atoms with Crippen molar-refractivity contribution in [1.29, 1.82) is 0 Å². The summed E-state index contributed by atoms with van der Waals surface area (Å²) in [4.78, 5) is 9.63. The van der Waals surface area contributed by atoms with E-state index in [1.165, 1.54) is 18.9 Å². The van der Waals surface area contributed by atoms with Crippen LogP contribution in [-0.4, -0.2) is 25.0 Å². The molecule has 1 heterocycles. The van der Waals surface area contributed by atoms with Gasteiger partial charge in [0.25, 0.3) is 0 Å². The number of aliphatic imine (C=N–C) groups is 2. The lowest BCUT2D eigenvalue weighted by molar-refractivity contribution is 0.617. The molecular weight excluding hydrogens is 271 g/mol. The lowest BCUT2D eigenvalue weighted by atomic mass is 10.2. The van der Waals surface area contributed by atoms with Crippen molar-refractivity contribution in [1.82, 2.24) is 0 Å². The summed E-state index contributed by atoms with van der Waals surface area (Å²) in [5, 5.41) is 0. The minimum atomic E-state index is -0.310. The van der Waals surface area contributed by atoms with Gasteiger partial charge in [-0.15, -0.1) is 0 Å². The molecule has 1 aliphatic heterocycles. The number of nitrogens with zero attached hydrogens (tertiary/aromatic N) is 3. The van der Waals surface area contributed by atoms with Crippen molar-refractivity contribution in [2.75, 3.05) is 18.0 Å². The molecule has 6 N–H and O–H groups in total. The highest BCUT2D eigenvalue weighted by molar-refractivity contribution is 5.93. The SMILES string of the molecule is NC(N)=NC(N)=Nc1ccc(N2CCCCCC2)c(F)c1. The fourth-order valence-electron chi connectivity index (χ4n) is 2.42. The van der Waals surface area contributed by atoms with Crippen molar-refractivity contribution in [2.45, 2.75) is 25.7 Å². The second-order valence-corrected chi connectivity index (χ2v) is 5.04. The third-order valence-corrected chi connectivity index (χ3v) is 3.37. The Hall–Kier alpha value is -2.31. The van der Waals surface area contributed by atoms with Crippen LogP contribution in [0.25, 0.3) is 0 Å². The largest absolute Gasteiger partial charge is 0.370 e. The Morgan fingerprint density at radius 1 is 1.05 bits per heavy atom. The van der Waals surface area contributed by atoms with Crippen LogP contribution in [0.4, 0.5) is 15.8 Å². The summed E-state index contributed by atoms with van der Waals surface area (Å²) < 4.78 is 14.2. The molecule has 0 amide bonds. The standard InChI is InChI=1S/C14H21FN6/c15-11-9-10(19-14(18)20-13(16)17)5-6-12(11)21-7-3-1-2-4-8-21/h5-6,9H,1-4,7-8H2,(H6,16,17,18,19,20). The molecule has 0 aliphatic carbocycles. The molecule has 0 unspecified atom stereocenters. The van der Waals surface area contributed by atoms with E-state index in [4.69, 9.17) is 17.2 Å². The summed E-state index contributed by atoms with van der Waals surface area (Å²) in [5.41, 5.74) is 16.9. The molecule has 0 spiro atoms. The van der Waals surface area contributed by atoms with Crippen LogP contribution in [0.2, 0.25) is 0 Å². The summed E-state index contributed by atoms with van der Waals surface area (Å²) >= 11 is 0. The monoisotopic (exact) mass is 292 g/mol. The van der Waals surface area contributed by atoms with E-state index >= 15 is 0 Å². The lowest BCUT2D eigenvalue weighted by Crippen LogP contribution is -2.26. The molecule has 1 aromatic rings. The lowest BCUT2D eigenvalue weighted by Gasteiger charge is -2.23. The Balaban J connectivity index is 2.19. The Morgan fingerprint density at radius 2 is 1.71 bits per heavy atom. The minimum Gasteiger partial charge on any atom is -0.370 e. The van der Waals surface area contributed by atoms with E-state index in [1.807, 2.05) is 0 Å². The van der Waals surface area contributed by atoms with Gasteiger partial charge in [-0.3, -0.25) is 0 Å². The predicted molar refractivity (Wildman–Crippen MR) is 84.2 cm³/mol. The molecule has 1 saturated heterocycles. The molecule has 6 nitrogen and oxygen atoms in total. The molecule has 0 aromatic heterocycles. The number of halogens is 1. The average molecular weight is 292 g/mol. The maximum Gasteiger partial charge on any atom is 0.223 e. The van der Waals surface area contributed by atoms with Gasteiger partial charge in [0.05, 0.1) is 11.4 Å². The molecule has 21 heavy (non-hydrogen) atoms. The van der Waals surface area contributed by atoms with Crippen molar-refractivity contribution >= 4 is 23.3 Å². The van der Waals surface area contributed by atoms with E-state index < -0.39 is 0 Å². The number of benzene rings is 1. The molecule has 114 valence electrons. The predicted octanol–water partition coefficient (Wildman–Crippen LogP) is 1.43. The first kappa shape index (κ1) is 15.1. The molecule has 0 radical (unpaired) electrons. The summed E-state index contributed by atoms with van der Waals surface area (Å²) in [6, 6.07) is 4.77. The van der Waals surface area contributed by atoms with Crippen molar-refractivity contribution in [2.24, 2.45) is 27.2 Å². The van der Waals surface area contributed by atoms with Crippen LogP contribution in [0.3, 0.4) is 0 Å². The Kier molecular flexibility index (Phi) is 4.97. The molecule has 0 atom stereocenters. The third-order valence-electron chi connectivity index (χ3n) is 3.37. The quantitative estimate of drug-likeness (QED) is 0.566. The second kappa shape index (κ2) is 6.92. The molecular formula is C14H21FN6. The zero-order valence-corrected chi connectivity index (χ0v) is 11.9. The zero-order chi connectivity index (χ0) is 15.2. The maximum absolute atomic E-state index is 14.2. The van der Waals surface area contributed by atoms with Crippen molar-refractivity contribution < 1.29 is 4.39 Å². The molecule has 1 aromatic carbocycles. The summed E-state index contributed by atoms with van der Waals surface area (Å²) in [5.74, 6) is -0.592. The molecule has 0 saturated carbocycles. The first-order valence-electron chi connectivity index (χ1n) is 7.04. The van der Waals surface area contributed by atoms with Gasteiger partial charge in [-0.25, -0.2) is 9.38 Å². The summed E-state index contributed by atoms with van der Waals surface area (Å²) in [6.45, 7) is 1.77. The van der Waals surface area contributed by atoms with Gasteiger partial charge in [0, 0.05) is 19.2 Å². The van der Waals surface area contributed by atoms with E-state index in [9.17, 15) is 4.39 Å².